The van der Waals surface area contributed by atoms with Crippen molar-refractivity contribution in [2.24, 2.45) is 0 Å². The van der Waals surface area contributed by atoms with Crippen LogP contribution < -0.4 is 10.4 Å². The number of ketones is 2. The van der Waals surface area contributed by atoms with E-state index in [0.29, 0.717) is 4.31 Å². The number of hydrogen-bond donors (Lipinski definition) is 1. The van der Waals surface area contributed by atoms with Crippen molar-refractivity contribution in [2.45, 2.75) is 24.2 Å². The van der Waals surface area contributed by atoms with Crippen LogP contribution in [0.15, 0.2) is 89.5 Å². The van der Waals surface area contributed by atoms with Gasteiger partial charge in [0.15, 0.2) is 5.78 Å². The Morgan fingerprint density at radius 2 is 1.49 bits per heavy atom. The van der Waals surface area contributed by atoms with Gasteiger partial charge in [-0.05, 0) is 49.1 Å². The second-order valence-corrected chi connectivity index (χ2v) is 10.9. The minimum atomic E-state index is -4.42. The quantitative estimate of drug-likeness (QED) is 0.168. The summed E-state index contributed by atoms with van der Waals surface area (Å²) in [6.07, 6.45) is 4.36. The van der Waals surface area contributed by atoms with Crippen LogP contribution in [0.5, 0.6) is 0 Å². The molecule has 0 aliphatic carbocycles. The van der Waals surface area contributed by atoms with Crippen molar-refractivity contribution in [3.63, 3.8) is 0 Å². The first kappa shape index (κ1) is 27.7. The topological polar surface area (TPSA) is 154 Å². The summed E-state index contributed by atoms with van der Waals surface area (Å²) in [7, 11) is -4.42. The normalized spacial score (nSPS) is 17.3. The summed E-state index contributed by atoms with van der Waals surface area (Å²) in [5, 5.41) is 26.4. The number of rotatable bonds is 5. The number of hydrogen-bond acceptors (Lipinski definition) is 7. The number of Topliss-reactive ketones (excluding diaryl/α,β-unsaturated/α-hetero) is 2. The fourth-order valence-corrected chi connectivity index (χ4v) is 5.97. The molecule has 39 heavy (non-hydrogen) atoms. The number of benzene rings is 3. The highest BCUT2D eigenvalue weighted by Crippen LogP contribution is 2.34. The number of nitro benzene ring substituents is 1. The lowest BCUT2D eigenvalue weighted by molar-refractivity contribution is -0.662. The maximum atomic E-state index is 13.4. The van der Waals surface area contributed by atoms with E-state index in [4.69, 9.17) is 0 Å². The van der Waals surface area contributed by atoms with Crippen molar-refractivity contribution < 1.29 is 33.4 Å². The summed E-state index contributed by atoms with van der Waals surface area (Å²) >= 11 is 0. The molecule has 11 heteroatoms. The van der Waals surface area contributed by atoms with E-state index in [1.54, 1.807) is 18.2 Å². The number of nitro groups is 1. The lowest BCUT2D eigenvalue weighted by Crippen LogP contribution is -2.85. The van der Waals surface area contributed by atoms with E-state index in [1.807, 2.05) is 0 Å². The molecule has 10 nitrogen and oxygen atoms in total. The standard InChI is InChI=1S/C23H16N2O7S.C5H11N/c26-19(15-10-12-17(13-11-15)25(29)30)14-24-21(22(27)16-6-2-1-3-7-16)23(28)18-8-4-5-9-20(18)33(24,31)32;1-2-4-6-5-3-1/h1-13,27H,14H2;6H,1-5H2/b22-21-;. The zero-order valence-corrected chi connectivity index (χ0v) is 21.8. The van der Waals surface area contributed by atoms with Crippen molar-refractivity contribution in [1.82, 2.24) is 4.31 Å². The molecule has 0 bridgehead atoms. The summed E-state index contributed by atoms with van der Waals surface area (Å²) in [6, 6.07) is 17.7. The number of nitrogens with zero attached hydrogens (tertiary/aromatic N) is 2. The Kier molecular flexibility index (Phi) is 8.52. The lowest BCUT2D eigenvalue weighted by Gasteiger charge is -2.34. The van der Waals surface area contributed by atoms with E-state index >= 15 is 0 Å². The number of carbonyl (C=O) groups is 2. The zero-order valence-electron chi connectivity index (χ0n) is 21.0. The molecule has 0 saturated carbocycles. The predicted octanol–water partition coefficient (Wildman–Crippen LogP) is 2.13. The molecule has 2 aliphatic rings. The number of carbonyl (C=O) groups excluding carboxylic acids is 2. The van der Waals surface area contributed by atoms with Gasteiger partial charge in [-0.25, -0.2) is 8.42 Å². The average molecular weight is 550 g/mol. The van der Waals surface area contributed by atoms with Crippen molar-refractivity contribution in [1.29, 1.82) is 0 Å². The van der Waals surface area contributed by atoms with Crippen LogP contribution >= 0.6 is 0 Å². The highest BCUT2D eigenvalue weighted by Gasteiger charge is 2.40. The number of fused-ring (bicyclic) bond motifs is 1. The van der Waals surface area contributed by atoms with Crippen molar-refractivity contribution >= 4 is 33.0 Å². The Balaban J connectivity index is 0.000000519. The Hall–Kier alpha value is -4.35. The molecule has 2 heterocycles. The van der Waals surface area contributed by atoms with E-state index in [-0.39, 0.29) is 27.3 Å². The van der Waals surface area contributed by atoms with Crippen LogP contribution in [-0.4, -0.2) is 48.8 Å². The summed E-state index contributed by atoms with van der Waals surface area (Å²) < 4.78 is 27.3. The van der Waals surface area contributed by atoms with Gasteiger partial charge in [0.1, 0.15) is 0 Å². The van der Waals surface area contributed by atoms with Crippen LogP contribution in [0.3, 0.4) is 0 Å². The summed E-state index contributed by atoms with van der Waals surface area (Å²) in [5.74, 6) is -2.39. The third kappa shape index (κ3) is 6.05. The second-order valence-electron chi connectivity index (χ2n) is 9.03. The third-order valence-electron chi connectivity index (χ3n) is 6.42. The van der Waals surface area contributed by atoms with Gasteiger partial charge >= 0.3 is 0 Å². The fourth-order valence-electron chi connectivity index (χ4n) is 4.35. The Bertz CT molecular complexity index is 1500. The summed E-state index contributed by atoms with van der Waals surface area (Å²) in [6.45, 7) is 1.92. The van der Waals surface area contributed by atoms with Gasteiger partial charge < -0.3 is 10.4 Å². The monoisotopic (exact) mass is 549 g/mol. The van der Waals surface area contributed by atoms with Gasteiger partial charge in [-0.3, -0.25) is 24.0 Å². The molecule has 2 N–H and O–H groups in total. The molecular formula is C28H27N3O7S. The van der Waals surface area contributed by atoms with Gasteiger partial charge in [0.05, 0.1) is 35.2 Å². The molecule has 0 aromatic heterocycles. The SMILES string of the molecule is C1CC[NH2+]CC1.O=C(CN1/C(=C(\[O-])c2ccccc2)C(=O)c2ccccc2S1(=O)=O)c1ccc([N+](=O)[O-])cc1. The number of quaternary nitrogens is 1. The van der Waals surface area contributed by atoms with Crippen LogP contribution in [0, 0.1) is 10.1 Å². The van der Waals surface area contributed by atoms with E-state index in [1.165, 1.54) is 80.9 Å². The van der Waals surface area contributed by atoms with Gasteiger partial charge in [-0.2, -0.15) is 0 Å². The maximum absolute atomic E-state index is 13.4. The average Bonchev–Trinajstić information content (AvgIpc) is 2.97. The highest BCUT2D eigenvalue weighted by molar-refractivity contribution is 7.89. The number of allylic oxidation sites excluding steroid dienone is 1. The van der Waals surface area contributed by atoms with Crippen molar-refractivity contribution in [2.75, 3.05) is 19.6 Å². The van der Waals surface area contributed by atoms with Crippen LogP contribution in [0.2, 0.25) is 0 Å². The molecule has 1 saturated heterocycles. The molecule has 2 aliphatic heterocycles. The minimum absolute atomic E-state index is 0.00591. The molecular weight excluding hydrogens is 522 g/mol. The van der Waals surface area contributed by atoms with Gasteiger partial charge in [0, 0.05) is 23.3 Å². The Labute approximate surface area is 225 Å². The largest absolute Gasteiger partial charge is 0.871 e. The van der Waals surface area contributed by atoms with E-state index in [2.05, 4.69) is 5.32 Å². The fraction of sp³-hybridized carbons (Fsp3) is 0.214. The first-order chi connectivity index (χ1) is 18.7. The van der Waals surface area contributed by atoms with E-state index < -0.39 is 44.5 Å². The molecule has 0 spiro atoms. The molecule has 3 aromatic rings. The van der Waals surface area contributed by atoms with Gasteiger partial charge in [-0.1, -0.05) is 48.2 Å². The molecule has 202 valence electrons. The van der Waals surface area contributed by atoms with Gasteiger partial charge in [0.2, 0.25) is 5.78 Å². The first-order valence-electron chi connectivity index (χ1n) is 12.4. The number of non-ortho nitro benzene ring substituents is 1. The number of sulfonamides is 1. The second kappa shape index (κ2) is 12.0. The predicted molar refractivity (Wildman–Crippen MR) is 141 cm³/mol. The minimum Gasteiger partial charge on any atom is -0.871 e. The lowest BCUT2D eigenvalue weighted by atomic mass is 10.0. The van der Waals surface area contributed by atoms with Crippen LogP contribution in [-0.2, 0) is 10.0 Å². The molecule has 0 radical (unpaired) electrons. The van der Waals surface area contributed by atoms with Crippen LogP contribution in [0.4, 0.5) is 5.69 Å². The molecule has 0 amide bonds. The maximum Gasteiger partial charge on any atom is 0.269 e. The Morgan fingerprint density at radius 1 is 0.872 bits per heavy atom. The van der Waals surface area contributed by atoms with E-state index in [0.717, 1.165) is 12.1 Å². The molecule has 1 fully saturated rings. The number of nitrogens with two attached hydrogens (primary N) is 1. The van der Waals surface area contributed by atoms with Crippen LogP contribution in [0.25, 0.3) is 5.76 Å². The zero-order chi connectivity index (χ0) is 28.0. The summed E-state index contributed by atoms with van der Waals surface area (Å²) in [5.41, 5.74) is -0.976. The van der Waals surface area contributed by atoms with Gasteiger partial charge in [-0.15, -0.1) is 0 Å². The highest BCUT2D eigenvalue weighted by atomic mass is 32.2. The summed E-state index contributed by atoms with van der Waals surface area (Å²) in [4.78, 5) is 36.0. The smallest absolute Gasteiger partial charge is 0.269 e. The molecule has 0 unspecified atom stereocenters. The van der Waals surface area contributed by atoms with Crippen LogP contribution in [0.1, 0.15) is 45.5 Å². The van der Waals surface area contributed by atoms with E-state index in [9.17, 15) is 33.2 Å². The molecule has 5 rings (SSSR count). The number of piperidine rings is 1. The molecule has 3 aromatic carbocycles. The molecule has 0 atom stereocenters. The first-order valence-corrected chi connectivity index (χ1v) is 13.9. The van der Waals surface area contributed by atoms with Gasteiger partial charge in [0.25, 0.3) is 15.7 Å². The van der Waals surface area contributed by atoms with Crippen molar-refractivity contribution in [3.05, 3.63) is 111 Å². The third-order valence-corrected chi connectivity index (χ3v) is 8.22. The Morgan fingerprint density at radius 3 is 2.05 bits per heavy atom. The van der Waals surface area contributed by atoms with Crippen molar-refractivity contribution in [3.8, 4) is 0 Å².